The number of aliphatic hydroxyl groups is 1. The number of aliphatic hydroxyl groups excluding tert-OH is 1. The van der Waals surface area contributed by atoms with Crippen LogP contribution >= 0.6 is 0 Å². The number of carboxylic acid groups (broad SMARTS) is 1. The van der Waals surface area contributed by atoms with Crippen molar-refractivity contribution in [3.8, 4) is 0 Å². The third-order valence-corrected chi connectivity index (χ3v) is 0.868. The zero-order valence-corrected chi connectivity index (χ0v) is 12.4. The number of ether oxygens (including phenoxy) is 2. The molecule has 0 aromatic rings. The van der Waals surface area contributed by atoms with Crippen LogP contribution in [0.1, 0.15) is 20.8 Å². The molecule has 2 N–H and O–H groups in total. The molecule has 0 amide bonds. The highest BCUT2D eigenvalue weighted by Gasteiger charge is 2.13. The minimum absolute atomic E-state index is 0.394. The van der Waals surface area contributed by atoms with Gasteiger partial charge in [-0.1, -0.05) is 12.7 Å². The first-order chi connectivity index (χ1) is 8.85. The molecule has 0 aromatic carbocycles. The lowest BCUT2D eigenvalue weighted by molar-refractivity contribution is -0.135. The number of aliphatic carboxylic acids is 1. The summed E-state index contributed by atoms with van der Waals surface area (Å²) in [6.07, 6.45) is 3.44. The van der Waals surface area contributed by atoms with Crippen LogP contribution in [0.2, 0.25) is 0 Å². The number of hydrogen-bond donors (Lipinski definition) is 2. The molecule has 114 valence electrons. The van der Waals surface area contributed by atoms with E-state index in [1.165, 1.54) is 7.11 Å². The molecule has 1 aliphatic rings. The highest BCUT2D eigenvalue weighted by atomic mass is 16.6. The van der Waals surface area contributed by atoms with E-state index in [1.807, 2.05) is 6.92 Å². The fourth-order valence-electron chi connectivity index (χ4n) is 0.180. The number of esters is 1. The van der Waals surface area contributed by atoms with Gasteiger partial charge in [-0.15, -0.1) is 6.58 Å². The first-order valence-corrected chi connectivity index (χ1v) is 5.38. The van der Waals surface area contributed by atoms with E-state index >= 15 is 0 Å². The highest BCUT2D eigenvalue weighted by Crippen LogP contribution is 2.04. The van der Waals surface area contributed by atoms with Gasteiger partial charge >= 0.3 is 5.97 Å². The van der Waals surface area contributed by atoms with Crippen LogP contribution in [0.4, 0.5) is 0 Å². The number of carbonyl (C=O) groups is 2. The quantitative estimate of drug-likeness (QED) is 0.327. The second-order valence-electron chi connectivity index (χ2n) is 2.80. The minimum atomic E-state index is -0.833. The van der Waals surface area contributed by atoms with E-state index in [1.54, 1.807) is 6.08 Å². The summed E-state index contributed by atoms with van der Waals surface area (Å²) < 4.78 is 8.85. The monoisotopic (exact) mass is 278 g/mol. The van der Waals surface area contributed by atoms with Gasteiger partial charge in [-0.05, 0) is 13.8 Å². The summed E-state index contributed by atoms with van der Waals surface area (Å²) in [5, 5.41) is 14.4. The van der Waals surface area contributed by atoms with E-state index in [0.29, 0.717) is 6.10 Å². The SMILES string of the molecule is C=CC.C=CC(=O)OC.CC(=O)O.CC1CO1.CO. The number of carboxylic acids is 1. The van der Waals surface area contributed by atoms with Crippen LogP contribution in [-0.4, -0.2) is 49.1 Å². The zero-order valence-electron chi connectivity index (χ0n) is 12.4. The van der Waals surface area contributed by atoms with Crippen molar-refractivity contribution in [2.24, 2.45) is 0 Å². The van der Waals surface area contributed by atoms with Gasteiger partial charge in [0.25, 0.3) is 5.97 Å². The van der Waals surface area contributed by atoms with Crippen LogP contribution in [0, 0.1) is 0 Å². The Hall–Kier alpha value is -1.66. The molecule has 1 fully saturated rings. The Kier molecular flexibility index (Phi) is 34.6. The molecule has 1 heterocycles. The van der Waals surface area contributed by atoms with Crippen LogP contribution in [0.15, 0.2) is 25.3 Å². The second kappa shape index (κ2) is 25.3. The largest absolute Gasteiger partial charge is 0.481 e. The molecule has 1 rings (SSSR count). The topological polar surface area (TPSA) is 96.4 Å². The van der Waals surface area contributed by atoms with Crippen LogP contribution in [0.5, 0.6) is 0 Å². The summed E-state index contributed by atoms with van der Waals surface area (Å²) >= 11 is 0. The Bertz CT molecular complexity index is 217. The molecular formula is C13H26O6. The smallest absolute Gasteiger partial charge is 0.329 e. The lowest BCUT2D eigenvalue weighted by Crippen LogP contribution is -1.91. The third-order valence-electron chi connectivity index (χ3n) is 0.868. The molecule has 0 spiro atoms. The summed E-state index contributed by atoms with van der Waals surface area (Å²) in [6, 6.07) is 0. The molecule has 0 aromatic heterocycles. The van der Waals surface area contributed by atoms with Crippen molar-refractivity contribution in [3.63, 3.8) is 0 Å². The number of allylic oxidation sites excluding steroid dienone is 1. The number of carbonyl (C=O) groups excluding carboxylic acids is 1. The predicted molar refractivity (Wildman–Crippen MR) is 75.0 cm³/mol. The van der Waals surface area contributed by atoms with Gasteiger partial charge in [-0.3, -0.25) is 4.79 Å². The Morgan fingerprint density at radius 3 is 1.58 bits per heavy atom. The van der Waals surface area contributed by atoms with Crippen molar-refractivity contribution in [2.75, 3.05) is 20.8 Å². The molecule has 1 aliphatic heterocycles. The van der Waals surface area contributed by atoms with E-state index in [0.717, 1.165) is 26.7 Å². The Labute approximate surface area is 115 Å². The summed E-state index contributed by atoms with van der Waals surface area (Å²) in [4.78, 5) is 18.8. The van der Waals surface area contributed by atoms with Gasteiger partial charge in [0, 0.05) is 20.1 Å². The van der Waals surface area contributed by atoms with E-state index in [4.69, 9.17) is 19.7 Å². The first-order valence-electron chi connectivity index (χ1n) is 5.38. The van der Waals surface area contributed by atoms with Gasteiger partial charge in [0.2, 0.25) is 0 Å². The molecule has 6 nitrogen and oxygen atoms in total. The zero-order chi connectivity index (χ0) is 16.3. The molecule has 0 saturated carbocycles. The molecule has 0 bridgehead atoms. The normalized spacial score (nSPS) is 12.8. The fraction of sp³-hybridized carbons (Fsp3) is 0.538. The molecule has 1 atom stereocenters. The van der Waals surface area contributed by atoms with Crippen molar-refractivity contribution in [3.05, 3.63) is 25.3 Å². The Morgan fingerprint density at radius 2 is 1.58 bits per heavy atom. The van der Waals surface area contributed by atoms with E-state index in [2.05, 4.69) is 24.8 Å². The molecule has 6 heteroatoms. The fourth-order valence-corrected chi connectivity index (χ4v) is 0.180. The average molecular weight is 278 g/mol. The number of methoxy groups -OCH3 is 1. The van der Waals surface area contributed by atoms with E-state index in [9.17, 15) is 4.79 Å². The standard InChI is InChI=1S/C4H6O2.C3H6O.C3H6.C2H4O2.CH4O/c1-3-4(5)6-2;1-3-2-4-3;1-3-2;1-2(3)4;1-2/h3H,1H2,2H3;3H,2H2,1H3;3H,1H2,2H3;1H3,(H,3,4);2H,1H3. The molecule has 19 heavy (non-hydrogen) atoms. The van der Waals surface area contributed by atoms with Crippen molar-refractivity contribution >= 4 is 11.9 Å². The Morgan fingerprint density at radius 1 is 1.37 bits per heavy atom. The van der Waals surface area contributed by atoms with Gasteiger partial charge < -0.3 is 19.7 Å². The van der Waals surface area contributed by atoms with Gasteiger partial charge in [0.15, 0.2) is 0 Å². The highest BCUT2D eigenvalue weighted by molar-refractivity contribution is 5.80. The van der Waals surface area contributed by atoms with Crippen LogP contribution in [0.3, 0.4) is 0 Å². The maximum Gasteiger partial charge on any atom is 0.329 e. The van der Waals surface area contributed by atoms with Crippen LogP contribution < -0.4 is 0 Å². The molecule has 0 radical (unpaired) electrons. The van der Waals surface area contributed by atoms with Crippen LogP contribution in [0.25, 0.3) is 0 Å². The van der Waals surface area contributed by atoms with Crippen molar-refractivity contribution in [1.82, 2.24) is 0 Å². The van der Waals surface area contributed by atoms with E-state index < -0.39 is 11.9 Å². The predicted octanol–water partition coefficient (Wildman–Crippen LogP) is 1.64. The van der Waals surface area contributed by atoms with E-state index in [-0.39, 0.29) is 0 Å². The maximum atomic E-state index is 9.84. The summed E-state index contributed by atoms with van der Waals surface area (Å²) in [6.45, 7) is 12.5. The summed E-state index contributed by atoms with van der Waals surface area (Å²) in [5.74, 6) is -1.23. The molecular weight excluding hydrogens is 252 g/mol. The maximum absolute atomic E-state index is 9.84. The second-order valence-corrected chi connectivity index (χ2v) is 2.80. The third kappa shape index (κ3) is 118. The lowest BCUT2D eigenvalue weighted by Gasteiger charge is -1.83. The van der Waals surface area contributed by atoms with Crippen molar-refractivity contribution in [2.45, 2.75) is 26.9 Å². The van der Waals surface area contributed by atoms with Gasteiger partial charge in [-0.2, -0.15) is 0 Å². The summed E-state index contributed by atoms with van der Waals surface area (Å²) in [7, 11) is 2.31. The number of rotatable bonds is 1. The summed E-state index contributed by atoms with van der Waals surface area (Å²) in [5.41, 5.74) is 0. The minimum Gasteiger partial charge on any atom is -0.481 e. The molecule has 0 aliphatic carbocycles. The molecule has 1 saturated heterocycles. The van der Waals surface area contributed by atoms with Crippen LogP contribution in [-0.2, 0) is 19.1 Å². The number of hydrogen-bond acceptors (Lipinski definition) is 5. The van der Waals surface area contributed by atoms with Crippen molar-refractivity contribution < 1.29 is 29.3 Å². The first kappa shape index (κ1) is 26.0. The molecule has 1 unspecified atom stereocenters. The number of epoxide rings is 1. The van der Waals surface area contributed by atoms with Gasteiger partial charge in [-0.25, -0.2) is 4.79 Å². The lowest BCUT2D eigenvalue weighted by atomic mass is 10.6. The van der Waals surface area contributed by atoms with Gasteiger partial charge in [0.1, 0.15) is 0 Å². The average Bonchev–Trinajstić information content (AvgIpc) is 3.14. The van der Waals surface area contributed by atoms with Gasteiger partial charge in [0.05, 0.1) is 19.8 Å². The van der Waals surface area contributed by atoms with Crippen molar-refractivity contribution in [1.29, 1.82) is 0 Å². The Balaban J connectivity index is -0.0000000776.